The second-order valence-corrected chi connectivity index (χ2v) is 5.54. The number of allylic oxidation sites excluding steroid dienone is 3. The summed E-state index contributed by atoms with van der Waals surface area (Å²) >= 11 is 1.22. The van der Waals surface area contributed by atoms with E-state index >= 15 is 0 Å². The van der Waals surface area contributed by atoms with Gasteiger partial charge in [0.2, 0.25) is 5.91 Å². The number of esters is 1. The molecule has 0 spiro atoms. The predicted molar refractivity (Wildman–Crippen MR) is 64.8 cm³/mol. The third kappa shape index (κ3) is 1.77. The zero-order valence-electron chi connectivity index (χ0n) is 9.33. The number of methoxy groups -OCH3 is 1. The standard InChI is InChI=1S/C11H14N2O3S/c1-16-9(14)8-6-4-2-3-5-7(6)17-11(8,13)10(12)15/h2-8H,13H2,1H3,(H2,12,15). The van der Waals surface area contributed by atoms with E-state index in [1.54, 1.807) is 0 Å². The molecule has 1 amide bonds. The van der Waals surface area contributed by atoms with Gasteiger partial charge in [0.05, 0.1) is 7.11 Å². The molecule has 0 saturated carbocycles. The van der Waals surface area contributed by atoms with Crippen LogP contribution in [0.2, 0.25) is 0 Å². The van der Waals surface area contributed by atoms with Crippen molar-refractivity contribution in [3.05, 3.63) is 24.3 Å². The van der Waals surface area contributed by atoms with E-state index in [1.165, 1.54) is 18.9 Å². The highest BCUT2D eigenvalue weighted by atomic mass is 32.2. The monoisotopic (exact) mass is 254 g/mol. The molecule has 0 radical (unpaired) electrons. The Morgan fingerprint density at radius 1 is 1.35 bits per heavy atom. The van der Waals surface area contributed by atoms with Crippen LogP contribution in [0.4, 0.5) is 0 Å². The van der Waals surface area contributed by atoms with E-state index in [0.717, 1.165) is 0 Å². The Labute approximate surface area is 103 Å². The Hall–Kier alpha value is -1.27. The summed E-state index contributed by atoms with van der Waals surface area (Å²) in [7, 11) is 1.28. The lowest BCUT2D eigenvalue weighted by molar-refractivity contribution is -0.149. The number of nitrogens with two attached hydrogens (primary N) is 2. The maximum Gasteiger partial charge on any atom is 0.312 e. The molecule has 5 nitrogen and oxygen atoms in total. The second-order valence-electron chi connectivity index (χ2n) is 4.09. The lowest BCUT2D eigenvalue weighted by Crippen LogP contribution is -2.56. The van der Waals surface area contributed by atoms with Gasteiger partial charge in [-0.05, 0) is 0 Å². The van der Waals surface area contributed by atoms with Gasteiger partial charge in [-0.25, -0.2) is 0 Å². The second kappa shape index (κ2) is 4.19. The molecule has 0 aromatic carbocycles. The molecule has 0 aromatic heterocycles. The molecule has 2 aliphatic rings. The first-order chi connectivity index (χ1) is 8.00. The minimum atomic E-state index is -1.40. The topological polar surface area (TPSA) is 95.4 Å². The fourth-order valence-corrected chi connectivity index (χ4v) is 3.82. The SMILES string of the molecule is COC(=O)C1C2C=CC=CC2SC1(N)C(N)=O. The van der Waals surface area contributed by atoms with Crippen molar-refractivity contribution in [3.63, 3.8) is 0 Å². The number of hydrogen-bond donors (Lipinski definition) is 2. The van der Waals surface area contributed by atoms with E-state index in [-0.39, 0.29) is 11.2 Å². The molecule has 1 fully saturated rings. The zero-order valence-corrected chi connectivity index (χ0v) is 10.1. The Balaban J connectivity index is 2.41. The molecule has 4 atom stereocenters. The van der Waals surface area contributed by atoms with Gasteiger partial charge in [-0.1, -0.05) is 24.3 Å². The molecule has 4 unspecified atom stereocenters. The molecule has 1 saturated heterocycles. The fourth-order valence-electron chi connectivity index (χ4n) is 2.28. The van der Waals surface area contributed by atoms with Crippen LogP contribution in [-0.2, 0) is 14.3 Å². The molecule has 1 aliphatic heterocycles. The maximum absolute atomic E-state index is 11.8. The van der Waals surface area contributed by atoms with Gasteiger partial charge >= 0.3 is 5.97 Å². The third-order valence-corrected chi connectivity index (χ3v) is 4.73. The Morgan fingerprint density at radius 2 is 2.00 bits per heavy atom. The quantitative estimate of drug-likeness (QED) is 0.664. The minimum Gasteiger partial charge on any atom is -0.469 e. The summed E-state index contributed by atoms with van der Waals surface area (Å²) in [5, 5.41) is -0.0124. The number of fused-ring (bicyclic) bond motifs is 1. The fraction of sp³-hybridized carbons (Fsp3) is 0.455. The van der Waals surface area contributed by atoms with Gasteiger partial charge in [-0.15, -0.1) is 11.8 Å². The molecular formula is C11H14N2O3S. The summed E-state index contributed by atoms with van der Waals surface area (Å²) in [4.78, 5) is 21.9. The number of carbonyl (C=O) groups is 2. The van der Waals surface area contributed by atoms with Crippen molar-refractivity contribution in [2.24, 2.45) is 23.3 Å². The summed E-state index contributed by atoms with van der Waals surface area (Å²) in [5.41, 5.74) is 11.3. The average Bonchev–Trinajstić information content (AvgIpc) is 2.61. The molecule has 17 heavy (non-hydrogen) atoms. The van der Waals surface area contributed by atoms with Gasteiger partial charge in [-0.2, -0.15) is 0 Å². The van der Waals surface area contributed by atoms with Crippen LogP contribution in [0.1, 0.15) is 0 Å². The molecule has 1 aliphatic carbocycles. The smallest absolute Gasteiger partial charge is 0.312 e. The van der Waals surface area contributed by atoms with Crippen LogP contribution in [0.15, 0.2) is 24.3 Å². The summed E-state index contributed by atoms with van der Waals surface area (Å²) in [6.07, 6.45) is 7.50. The van der Waals surface area contributed by atoms with Crippen molar-refractivity contribution in [1.82, 2.24) is 0 Å². The first kappa shape index (κ1) is 12.2. The van der Waals surface area contributed by atoms with Crippen LogP contribution in [-0.4, -0.2) is 29.1 Å². The molecule has 92 valence electrons. The highest BCUT2D eigenvalue weighted by Gasteiger charge is 2.58. The van der Waals surface area contributed by atoms with Gasteiger partial charge in [0.15, 0.2) is 4.87 Å². The number of primary amides is 1. The number of thioether (sulfide) groups is 1. The molecule has 0 bridgehead atoms. The highest BCUT2D eigenvalue weighted by molar-refractivity contribution is 8.02. The Morgan fingerprint density at radius 3 is 2.59 bits per heavy atom. The lowest BCUT2D eigenvalue weighted by Gasteiger charge is -2.26. The summed E-state index contributed by atoms with van der Waals surface area (Å²) in [5.74, 6) is -2.06. The van der Waals surface area contributed by atoms with Gasteiger partial charge < -0.3 is 16.2 Å². The minimum absolute atomic E-state index is 0.0124. The summed E-state index contributed by atoms with van der Waals surface area (Å²) < 4.78 is 4.73. The third-order valence-electron chi connectivity index (χ3n) is 3.14. The molecule has 0 aromatic rings. The number of ether oxygens (including phenoxy) is 1. The molecular weight excluding hydrogens is 240 g/mol. The van der Waals surface area contributed by atoms with Crippen molar-refractivity contribution in [3.8, 4) is 0 Å². The van der Waals surface area contributed by atoms with Gasteiger partial charge in [0.1, 0.15) is 5.92 Å². The van der Waals surface area contributed by atoms with E-state index in [4.69, 9.17) is 16.2 Å². The van der Waals surface area contributed by atoms with Crippen LogP contribution in [0.25, 0.3) is 0 Å². The van der Waals surface area contributed by atoms with E-state index in [1.807, 2.05) is 24.3 Å². The first-order valence-corrected chi connectivity index (χ1v) is 6.08. The van der Waals surface area contributed by atoms with Crippen LogP contribution >= 0.6 is 11.8 Å². The van der Waals surface area contributed by atoms with Crippen LogP contribution in [0.3, 0.4) is 0 Å². The first-order valence-electron chi connectivity index (χ1n) is 5.20. The average molecular weight is 254 g/mol. The van der Waals surface area contributed by atoms with Crippen molar-refractivity contribution < 1.29 is 14.3 Å². The number of amides is 1. The molecule has 6 heteroatoms. The summed E-state index contributed by atoms with van der Waals surface area (Å²) in [6.45, 7) is 0. The van der Waals surface area contributed by atoms with E-state index in [0.29, 0.717) is 0 Å². The molecule has 1 heterocycles. The predicted octanol–water partition coefficient (Wildman–Crippen LogP) is -0.226. The van der Waals surface area contributed by atoms with Gasteiger partial charge in [0, 0.05) is 11.2 Å². The lowest BCUT2D eigenvalue weighted by atomic mass is 9.82. The number of hydrogen-bond acceptors (Lipinski definition) is 5. The van der Waals surface area contributed by atoms with Crippen molar-refractivity contribution >= 4 is 23.6 Å². The zero-order chi connectivity index (χ0) is 12.6. The van der Waals surface area contributed by atoms with Gasteiger partial charge in [-0.3, -0.25) is 9.59 Å². The van der Waals surface area contributed by atoms with E-state index in [2.05, 4.69) is 0 Å². The number of rotatable bonds is 2. The van der Waals surface area contributed by atoms with Gasteiger partial charge in [0.25, 0.3) is 0 Å². The number of carbonyl (C=O) groups excluding carboxylic acids is 2. The molecule has 4 N–H and O–H groups in total. The maximum atomic E-state index is 11.8. The Bertz CT molecular complexity index is 421. The van der Waals surface area contributed by atoms with Crippen LogP contribution in [0, 0.1) is 11.8 Å². The van der Waals surface area contributed by atoms with Crippen LogP contribution in [0.5, 0.6) is 0 Å². The molecule has 2 rings (SSSR count). The normalized spacial score (nSPS) is 38.8. The van der Waals surface area contributed by atoms with E-state index in [9.17, 15) is 9.59 Å². The Kier molecular flexibility index (Phi) is 3.01. The largest absolute Gasteiger partial charge is 0.469 e. The highest BCUT2D eigenvalue weighted by Crippen LogP contribution is 2.50. The van der Waals surface area contributed by atoms with E-state index < -0.39 is 22.7 Å². The van der Waals surface area contributed by atoms with Crippen molar-refractivity contribution in [2.45, 2.75) is 10.1 Å². The summed E-state index contributed by atoms with van der Waals surface area (Å²) in [6, 6.07) is 0. The van der Waals surface area contributed by atoms with Crippen molar-refractivity contribution in [2.75, 3.05) is 7.11 Å². The van der Waals surface area contributed by atoms with Crippen LogP contribution < -0.4 is 11.5 Å². The van der Waals surface area contributed by atoms with Crippen molar-refractivity contribution in [1.29, 1.82) is 0 Å².